The Bertz CT molecular complexity index is 1390. The van der Waals surface area contributed by atoms with Gasteiger partial charge in [0.1, 0.15) is 12.1 Å². The highest BCUT2D eigenvalue weighted by Gasteiger charge is 2.54. The molecule has 9 nitrogen and oxygen atoms in total. The van der Waals surface area contributed by atoms with E-state index < -0.39 is 30.4 Å². The third kappa shape index (κ3) is 6.91. The molecule has 2 aliphatic heterocycles. The minimum absolute atomic E-state index is 0.223. The van der Waals surface area contributed by atoms with Crippen LogP contribution < -0.4 is 15.5 Å². The standard InChI is InChI=1S/C33H42BN5O4/c1-6-13-28(34-42-32(2,3)33(4,5)43-34)38-29(40)26(22-23-14-9-7-10-15-23)36-30(41)27-19-21-39(27)31-35-20-18-25(37-31)24-16-11-8-12-17-24/h7-12,14-18,20,26-28H,6,13,19,21-22H2,1-5H3,(H,36,41)(H,38,40)/t26-,27-,28-/m0/s1. The van der Waals surface area contributed by atoms with Gasteiger partial charge in [0.25, 0.3) is 0 Å². The highest BCUT2D eigenvalue weighted by atomic mass is 16.7. The van der Waals surface area contributed by atoms with Gasteiger partial charge in [0.05, 0.1) is 22.8 Å². The van der Waals surface area contributed by atoms with Crippen molar-refractivity contribution in [2.75, 3.05) is 11.4 Å². The summed E-state index contributed by atoms with van der Waals surface area (Å²) in [5.74, 6) is -0.346. The van der Waals surface area contributed by atoms with Crippen molar-refractivity contribution in [1.82, 2.24) is 20.6 Å². The predicted molar refractivity (Wildman–Crippen MR) is 168 cm³/mol. The molecule has 2 N–H and O–H groups in total. The molecule has 3 atom stereocenters. The molecule has 2 aliphatic rings. The van der Waals surface area contributed by atoms with Gasteiger partial charge >= 0.3 is 7.12 Å². The second-order valence-corrected chi connectivity index (χ2v) is 12.4. The van der Waals surface area contributed by atoms with Crippen molar-refractivity contribution < 1.29 is 18.9 Å². The first-order chi connectivity index (χ1) is 20.6. The summed E-state index contributed by atoms with van der Waals surface area (Å²) in [6, 6.07) is 20.2. The van der Waals surface area contributed by atoms with Crippen molar-refractivity contribution in [2.45, 2.75) is 89.5 Å². The molecule has 0 spiro atoms. The van der Waals surface area contributed by atoms with E-state index in [1.165, 1.54) is 0 Å². The zero-order chi connectivity index (χ0) is 30.6. The third-order valence-electron chi connectivity index (χ3n) is 8.73. The van der Waals surface area contributed by atoms with Crippen molar-refractivity contribution in [2.24, 2.45) is 0 Å². The predicted octanol–water partition coefficient (Wildman–Crippen LogP) is 4.37. The molecule has 43 heavy (non-hydrogen) atoms. The summed E-state index contributed by atoms with van der Waals surface area (Å²) in [5, 5.41) is 6.22. The number of hydrogen-bond acceptors (Lipinski definition) is 7. The van der Waals surface area contributed by atoms with E-state index in [1.807, 2.05) is 99.3 Å². The molecule has 0 bridgehead atoms. The highest BCUT2D eigenvalue weighted by molar-refractivity contribution is 6.48. The number of amides is 2. The van der Waals surface area contributed by atoms with E-state index in [2.05, 4.69) is 22.5 Å². The summed E-state index contributed by atoms with van der Waals surface area (Å²) in [7, 11) is -0.585. The van der Waals surface area contributed by atoms with Gasteiger partial charge in [-0.15, -0.1) is 0 Å². The first-order valence-electron chi connectivity index (χ1n) is 15.2. The van der Waals surface area contributed by atoms with Crippen molar-refractivity contribution in [3.8, 4) is 11.3 Å². The molecular weight excluding hydrogens is 541 g/mol. The van der Waals surface area contributed by atoms with Crippen LogP contribution in [0.5, 0.6) is 0 Å². The Labute approximate surface area is 254 Å². The lowest BCUT2D eigenvalue weighted by molar-refractivity contribution is -0.130. The smallest absolute Gasteiger partial charge is 0.402 e. The summed E-state index contributed by atoms with van der Waals surface area (Å²) in [4.78, 5) is 38.6. The molecule has 226 valence electrons. The first kappa shape index (κ1) is 30.7. The second-order valence-electron chi connectivity index (χ2n) is 12.4. The summed E-state index contributed by atoms with van der Waals surface area (Å²) >= 11 is 0. The average molecular weight is 584 g/mol. The number of aromatic nitrogens is 2. The topological polar surface area (TPSA) is 106 Å². The highest BCUT2D eigenvalue weighted by Crippen LogP contribution is 2.38. The fraction of sp³-hybridized carbons (Fsp3) is 0.455. The fourth-order valence-corrected chi connectivity index (χ4v) is 5.41. The lowest BCUT2D eigenvalue weighted by Gasteiger charge is -2.40. The molecule has 2 fully saturated rings. The SMILES string of the molecule is CCC[C@H](NC(=O)[C@H](Cc1ccccc1)NC(=O)[C@@H]1CCN1c1nccc(-c2ccccc2)n1)B1OC(C)(C)C(C)(C)O1. The minimum atomic E-state index is -0.782. The Kier molecular flexibility index (Phi) is 9.18. The van der Waals surface area contributed by atoms with Crippen molar-refractivity contribution >= 4 is 24.9 Å². The van der Waals surface area contributed by atoms with Crippen LogP contribution in [0.25, 0.3) is 11.3 Å². The average Bonchev–Trinajstić information content (AvgIpc) is 3.19. The van der Waals surface area contributed by atoms with Gasteiger partial charge in [-0.25, -0.2) is 9.97 Å². The van der Waals surface area contributed by atoms with Crippen LogP contribution in [0.15, 0.2) is 72.9 Å². The molecule has 0 aliphatic carbocycles. The van der Waals surface area contributed by atoms with Crippen molar-refractivity contribution in [1.29, 1.82) is 0 Å². The van der Waals surface area contributed by atoms with Gasteiger partial charge in [-0.2, -0.15) is 0 Å². The Morgan fingerprint density at radius 2 is 1.63 bits per heavy atom. The molecule has 0 saturated carbocycles. The fourth-order valence-electron chi connectivity index (χ4n) is 5.41. The van der Waals surface area contributed by atoms with E-state index >= 15 is 0 Å². The van der Waals surface area contributed by atoms with Gasteiger partial charge in [0, 0.05) is 24.7 Å². The molecule has 3 aromatic rings. The lowest BCUT2D eigenvalue weighted by atomic mass is 9.75. The minimum Gasteiger partial charge on any atom is -0.402 e. The van der Waals surface area contributed by atoms with Crippen molar-refractivity contribution in [3.05, 3.63) is 78.5 Å². The maximum Gasteiger partial charge on any atom is 0.481 e. The van der Waals surface area contributed by atoms with E-state index in [-0.39, 0.29) is 17.8 Å². The largest absolute Gasteiger partial charge is 0.481 e. The Morgan fingerprint density at radius 1 is 0.977 bits per heavy atom. The molecule has 1 aromatic heterocycles. The number of hydrogen-bond donors (Lipinski definition) is 2. The van der Waals surface area contributed by atoms with E-state index in [9.17, 15) is 9.59 Å². The molecule has 0 unspecified atom stereocenters. The summed E-state index contributed by atoms with van der Waals surface area (Å²) < 4.78 is 12.6. The molecule has 0 radical (unpaired) electrons. The number of nitrogens with zero attached hydrogens (tertiary/aromatic N) is 3. The number of nitrogens with one attached hydrogen (secondary N) is 2. The lowest BCUT2D eigenvalue weighted by Crippen LogP contribution is -2.61. The van der Waals surface area contributed by atoms with Gasteiger partial charge < -0.3 is 24.8 Å². The summed E-state index contributed by atoms with van der Waals surface area (Å²) in [6.07, 6.45) is 4.24. The zero-order valence-corrected chi connectivity index (χ0v) is 25.7. The summed E-state index contributed by atoms with van der Waals surface area (Å²) in [5.41, 5.74) is 1.70. The maximum atomic E-state index is 13.9. The van der Waals surface area contributed by atoms with Crippen LogP contribution in [0.4, 0.5) is 5.95 Å². The molecule has 3 heterocycles. The number of anilines is 1. The first-order valence-corrected chi connectivity index (χ1v) is 15.2. The zero-order valence-electron chi connectivity index (χ0n) is 25.7. The van der Waals surface area contributed by atoms with Gasteiger partial charge in [-0.05, 0) is 52.2 Å². The van der Waals surface area contributed by atoms with Gasteiger partial charge in [-0.1, -0.05) is 74.0 Å². The molecule has 5 rings (SSSR count). The quantitative estimate of drug-likeness (QED) is 0.323. The van der Waals surface area contributed by atoms with Crippen LogP contribution in [-0.4, -0.2) is 64.7 Å². The Hall–Kier alpha value is -3.76. The van der Waals surface area contributed by atoms with E-state index in [4.69, 9.17) is 14.3 Å². The van der Waals surface area contributed by atoms with Crippen LogP contribution >= 0.6 is 0 Å². The monoisotopic (exact) mass is 583 g/mol. The molecule has 2 amide bonds. The van der Waals surface area contributed by atoms with Crippen molar-refractivity contribution in [3.63, 3.8) is 0 Å². The van der Waals surface area contributed by atoms with Crippen LogP contribution in [0.2, 0.25) is 0 Å². The van der Waals surface area contributed by atoms with E-state index in [1.54, 1.807) is 6.20 Å². The number of carbonyl (C=O) groups excluding carboxylic acids is 2. The van der Waals surface area contributed by atoms with Gasteiger partial charge in [0.15, 0.2) is 0 Å². The summed E-state index contributed by atoms with van der Waals surface area (Å²) in [6.45, 7) is 10.7. The Balaban J connectivity index is 1.31. The van der Waals surface area contributed by atoms with Gasteiger partial charge in [0.2, 0.25) is 17.8 Å². The molecule has 10 heteroatoms. The number of benzene rings is 2. The van der Waals surface area contributed by atoms with Crippen LogP contribution in [0.1, 0.15) is 59.4 Å². The number of rotatable bonds is 11. The van der Waals surface area contributed by atoms with Crippen LogP contribution in [0, 0.1) is 0 Å². The number of carbonyl (C=O) groups is 2. The maximum absolute atomic E-state index is 13.9. The normalized spacial score (nSPS) is 20.2. The van der Waals surface area contributed by atoms with Crippen LogP contribution in [0.3, 0.4) is 0 Å². The van der Waals surface area contributed by atoms with E-state index in [0.29, 0.717) is 31.8 Å². The Morgan fingerprint density at radius 3 is 2.23 bits per heavy atom. The van der Waals surface area contributed by atoms with E-state index in [0.717, 1.165) is 23.2 Å². The molecule has 2 aromatic carbocycles. The molecule has 2 saturated heterocycles. The van der Waals surface area contributed by atoms with Gasteiger partial charge in [-0.3, -0.25) is 9.59 Å². The molecular formula is C33H42BN5O4. The second kappa shape index (κ2) is 12.9. The third-order valence-corrected chi connectivity index (χ3v) is 8.73. The van der Waals surface area contributed by atoms with Crippen LogP contribution in [-0.2, 0) is 25.3 Å².